The van der Waals surface area contributed by atoms with Gasteiger partial charge >= 0.3 is 0 Å². The average molecular weight is 490 g/mol. The van der Waals surface area contributed by atoms with Gasteiger partial charge in [0.1, 0.15) is 0 Å². The van der Waals surface area contributed by atoms with Crippen molar-refractivity contribution in [2.24, 2.45) is 5.73 Å². The Morgan fingerprint density at radius 1 is 0.838 bits per heavy atom. The van der Waals surface area contributed by atoms with E-state index in [0.29, 0.717) is 6.54 Å². The van der Waals surface area contributed by atoms with E-state index < -0.39 is 0 Å². The fraction of sp³-hybridized carbons (Fsp3) is 0.294. The van der Waals surface area contributed by atoms with Gasteiger partial charge in [0, 0.05) is 48.5 Å². The van der Waals surface area contributed by atoms with E-state index in [2.05, 4.69) is 149 Å². The molecule has 3 heteroatoms. The predicted octanol–water partition coefficient (Wildman–Crippen LogP) is 7.19. The average Bonchev–Trinajstić information content (AvgIpc) is 3.22. The summed E-state index contributed by atoms with van der Waals surface area (Å²) in [5.41, 5.74) is 16.0. The molecule has 0 aromatic heterocycles. The van der Waals surface area contributed by atoms with Crippen LogP contribution in [0, 0.1) is 0 Å². The second-order valence-electron chi connectivity index (χ2n) is 11.4. The van der Waals surface area contributed by atoms with Crippen LogP contribution in [0.4, 0.5) is 11.4 Å². The molecular formula is C34H39N3. The number of rotatable bonds is 5. The summed E-state index contributed by atoms with van der Waals surface area (Å²) in [4.78, 5) is 4.74. The molecule has 3 aromatic carbocycles. The molecule has 0 radical (unpaired) electrons. The fourth-order valence-electron chi connectivity index (χ4n) is 6.24. The number of nitrogens with zero attached hydrogens (tertiary/aromatic N) is 2. The summed E-state index contributed by atoms with van der Waals surface area (Å²) in [6.07, 6.45) is 9.26. The van der Waals surface area contributed by atoms with Crippen molar-refractivity contribution in [2.75, 3.05) is 23.9 Å². The Bertz CT molecular complexity index is 1390. The van der Waals surface area contributed by atoms with Crippen molar-refractivity contribution in [1.29, 1.82) is 0 Å². The minimum absolute atomic E-state index is 0.0180. The van der Waals surface area contributed by atoms with Crippen molar-refractivity contribution < 1.29 is 0 Å². The Labute approximate surface area is 222 Å². The van der Waals surface area contributed by atoms with Crippen LogP contribution in [-0.2, 0) is 17.4 Å². The molecule has 2 aliphatic heterocycles. The lowest BCUT2D eigenvalue weighted by molar-refractivity contribution is 0.488. The SMILES string of the molecule is CN1C(=CC=C(C=CC2N(C)c3ccccc3C2(C)C)c2ccc(CN)cc2)C(C)(C)c2ccccc21. The number of allylic oxidation sites excluding steroid dienone is 5. The van der Waals surface area contributed by atoms with Gasteiger partial charge in [-0.25, -0.2) is 0 Å². The molecule has 0 saturated carbocycles. The van der Waals surface area contributed by atoms with Crippen molar-refractivity contribution in [1.82, 2.24) is 0 Å². The van der Waals surface area contributed by atoms with Crippen LogP contribution in [-0.4, -0.2) is 20.1 Å². The van der Waals surface area contributed by atoms with E-state index in [-0.39, 0.29) is 16.9 Å². The maximum absolute atomic E-state index is 5.88. The van der Waals surface area contributed by atoms with Crippen LogP contribution >= 0.6 is 0 Å². The van der Waals surface area contributed by atoms with Gasteiger partial charge in [-0.1, -0.05) is 107 Å². The highest BCUT2D eigenvalue weighted by Gasteiger charge is 2.41. The second-order valence-corrected chi connectivity index (χ2v) is 11.4. The molecule has 0 spiro atoms. The lowest BCUT2D eigenvalue weighted by Gasteiger charge is -2.29. The smallest absolute Gasteiger partial charge is 0.0565 e. The van der Waals surface area contributed by atoms with E-state index >= 15 is 0 Å². The Morgan fingerprint density at radius 2 is 1.46 bits per heavy atom. The van der Waals surface area contributed by atoms with Crippen molar-refractivity contribution in [2.45, 2.75) is 51.1 Å². The maximum Gasteiger partial charge on any atom is 0.0565 e. The number of para-hydroxylation sites is 2. The van der Waals surface area contributed by atoms with Crippen LogP contribution in [0.3, 0.4) is 0 Å². The molecule has 2 heterocycles. The first-order valence-corrected chi connectivity index (χ1v) is 13.2. The first-order chi connectivity index (χ1) is 17.7. The van der Waals surface area contributed by atoms with Crippen molar-refractivity contribution in [3.05, 3.63) is 125 Å². The zero-order chi connectivity index (χ0) is 26.4. The molecule has 0 aliphatic carbocycles. The van der Waals surface area contributed by atoms with Crippen LogP contribution in [0.25, 0.3) is 5.57 Å². The Hall–Kier alpha value is -3.56. The molecule has 0 bridgehead atoms. The molecule has 37 heavy (non-hydrogen) atoms. The van der Waals surface area contributed by atoms with Gasteiger partial charge < -0.3 is 15.5 Å². The van der Waals surface area contributed by atoms with Crippen LogP contribution < -0.4 is 15.5 Å². The number of hydrogen-bond acceptors (Lipinski definition) is 3. The Kier molecular flexibility index (Phi) is 6.37. The summed E-state index contributed by atoms with van der Waals surface area (Å²) in [5.74, 6) is 0. The summed E-state index contributed by atoms with van der Waals surface area (Å²) >= 11 is 0. The van der Waals surface area contributed by atoms with E-state index in [9.17, 15) is 0 Å². The molecule has 5 rings (SSSR count). The van der Waals surface area contributed by atoms with Gasteiger partial charge in [-0.3, -0.25) is 0 Å². The van der Waals surface area contributed by atoms with E-state index in [0.717, 1.165) is 5.56 Å². The van der Waals surface area contributed by atoms with E-state index in [4.69, 9.17) is 5.73 Å². The fourth-order valence-corrected chi connectivity index (χ4v) is 6.24. The van der Waals surface area contributed by atoms with Gasteiger partial charge in [-0.05, 0) is 46.0 Å². The molecule has 3 nitrogen and oxygen atoms in total. The highest BCUT2D eigenvalue weighted by molar-refractivity contribution is 5.78. The zero-order valence-electron chi connectivity index (χ0n) is 23.0. The van der Waals surface area contributed by atoms with E-state index in [1.807, 2.05) is 0 Å². The van der Waals surface area contributed by atoms with Gasteiger partial charge in [0.15, 0.2) is 0 Å². The minimum Gasteiger partial charge on any atom is -0.367 e. The molecule has 0 saturated heterocycles. The number of likely N-dealkylation sites (N-methyl/N-ethyl adjacent to an activating group) is 2. The van der Waals surface area contributed by atoms with Crippen LogP contribution in [0.2, 0.25) is 0 Å². The van der Waals surface area contributed by atoms with Crippen LogP contribution in [0.1, 0.15) is 49.9 Å². The predicted molar refractivity (Wildman–Crippen MR) is 159 cm³/mol. The third-order valence-corrected chi connectivity index (χ3v) is 8.48. The summed E-state index contributed by atoms with van der Waals surface area (Å²) in [7, 11) is 4.38. The van der Waals surface area contributed by atoms with Gasteiger partial charge in [0.05, 0.1) is 6.04 Å². The number of anilines is 2. The zero-order valence-corrected chi connectivity index (χ0v) is 23.0. The van der Waals surface area contributed by atoms with E-state index in [1.165, 1.54) is 39.3 Å². The molecule has 1 atom stereocenters. The normalized spacial score (nSPS) is 21.1. The van der Waals surface area contributed by atoms with Gasteiger partial charge in [0.25, 0.3) is 0 Å². The number of hydrogen-bond donors (Lipinski definition) is 1. The van der Waals surface area contributed by atoms with Crippen molar-refractivity contribution in [3.63, 3.8) is 0 Å². The largest absolute Gasteiger partial charge is 0.367 e. The molecule has 0 fully saturated rings. The number of nitrogens with two attached hydrogens (primary N) is 1. The molecule has 0 amide bonds. The van der Waals surface area contributed by atoms with Gasteiger partial charge in [-0.15, -0.1) is 0 Å². The Morgan fingerprint density at radius 3 is 2.08 bits per heavy atom. The first kappa shape index (κ1) is 25.1. The van der Waals surface area contributed by atoms with Gasteiger partial charge in [0.2, 0.25) is 0 Å². The highest BCUT2D eigenvalue weighted by Crippen LogP contribution is 2.47. The van der Waals surface area contributed by atoms with E-state index in [1.54, 1.807) is 0 Å². The lowest BCUT2D eigenvalue weighted by atomic mass is 9.80. The second kappa shape index (κ2) is 9.39. The topological polar surface area (TPSA) is 32.5 Å². The monoisotopic (exact) mass is 489 g/mol. The quantitative estimate of drug-likeness (QED) is 0.385. The van der Waals surface area contributed by atoms with Crippen LogP contribution in [0.5, 0.6) is 0 Å². The highest BCUT2D eigenvalue weighted by atomic mass is 15.2. The molecule has 2 aliphatic rings. The number of fused-ring (bicyclic) bond motifs is 2. The summed E-state index contributed by atoms with van der Waals surface area (Å²) in [6.45, 7) is 9.87. The van der Waals surface area contributed by atoms with Gasteiger partial charge in [-0.2, -0.15) is 0 Å². The lowest BCUT2D eigenvalue weighted by Crippen LogP contribution is -2.37. The summed E-state index contributed by atoms with van der Waals surface area (Å²) in [5, 5.41) is 0. The molecule has 2 N–H and O–H groups in total. The first-order valence-electron chi connectivity index (χ1n) is 13.2. The van der Waals surface area contributed by atoms with Crippen molar-refractivity contribution in [3.8, 4) is 0 Å². The van der Waals surface area contributed by atoms with Crippen molar-refractivity contribution >= 4 is 16.9 Å². The third kappa shape index (κ3) is 4.22. The maximum atomic E-state index is 5.88. The molecular weight excluding hydrogens is 450 g/mol. The molecule has 190 valence electrons. The summed E-state index contributed by atoms with van der Waals surface area (Å²) in [6, 6.07) is 26.4. The minimum atomic E-state index is -0.0601. The molecule has 3 aromatic rings. The Balaban J connectivity index is 1.55. The molecule has 1 unspecified atom stereocenters. The summed E-state index contributed by atoms with van der Waals surface area (Å²) < 4.78 is 0. The van der Waals surface area contributed by atoms with Crippen LogP contribution in [0.15, 0.2) is 103 Å². The number of benzene rings is 3. The standard InChI is InChI=1S/C34H39N3/c1-33(2)27-11-7-9-13-29(27)36(5)31(33)21-19-26(25-17-15-24(23-35)16-18-25)20-22-32-34(3,4)28-12-8-10-14-30(28)37(32)6/h7-22,31H,23,35H2,1-6H3. The third-order valence-electron chi connectivity index (χ3n) is 8.48.